The molecular formula is C12H10BrFN6. The fourth-order valence-corrected chi connectivity index (χ4v) is 2.32. The highest BCUT2D eigenvalue weighted by molar-refractivity contribution is 9.10. The molecule has 0 spiro atoms. The molecule has 102 valence electrons. The first kappa shape index (κ1) is 12.9. The van der Waals surface area contributed by atoms with Crippen molar-refractivity contribution in [2.75, 3.05) is 0 Å². The zero-order chi connectivity index (χ0) is 14.1. The molecule has 3 rings (SSSR count). The van der Waals surface area contributed by atoms with Gasteiger partial charge in [-0.1, -0.05) is 12.1 Å². The number of benzene rings is 1. The molecule has 0 saturated carbocycles. The Hall–Kier alpha value is -2.09. The van der Waals surface area contributed by atoms with Gasteiger partial charge in [0, 0.05) is 0 Å². The summed E-state index contributed by atoms with van der Waals surface area (Å²) in [6.45, 7) is 2.55. The van der Waals surface area contributed by atoms with E-state index in [2.05, 4.69) is 36.4 Å². The minimum Gasteiger partial charge on any atom is -0.223 e. The van der Waals surface area contributed by atoms with E-state index in [1.807, 2.05) is 6.92 Å². The van der Waals surface area contributed by atoms with Crippen LogP contribution in [0.15, 0.2) is 35.1 Å². The van der Waals surface area contributed by atoms with Crippen molar-refractivity contribution in [3.63, 3.8) is 0 Å². The van der Waals surface area contributed by atoms with E-state index < -0.39 is 0 Å². The van der Waals surface area contributed by atoms with Crippen LogP contribution in [0.3, 0.4) is 0 Å². The third kappa shape index (κ3) is 2.11. The normalized spacial score (nSPS) is 10.9. The van der Waals surface area contributed by atoms with Crippen LogP contribution >= 0.6 is 15.9 Å². The molecule has 0 radical (unpaired) electrons. The molecule has 1 aromatic carbocycles. The maximum atomic E-state index is 13.8. The molecule has 0 aliphatic rings. The van der Waals surface area contributed by atoms with Crippen molar-refractivity contribution in [2.24, 2.45) is 0 Å². The molecule has 0 bridgehead atoms. The molecule has 8 heteroatoms. The van der Waals surface area contributed by atoms with Gasteiger partial charge in [-0.25, -0.2) is 9.07 Å². The molecule has 0 aliphatic heterocycles. The van der Waals surface area contributed by atoms with E-state index in [9.17, 15) is 4.39 Å². The largest absolute Gasteiger partial charge is 0.223 e. The Bertz CT molecular complexity index is 750. The Morgan fingerprint density at radius 2 is 2.10 bits per heavy atom. The van der Waals surface area contributed by atoms with Crippen LogP contribution in [0.4, 0.5) is 4.39 Å². The van der Waals surface area contributed by atoms with Gasteiger partial charge in [-0.2, -0.15) is 9.90 Å². The van der Waals surface area contributed by atoms with E-state index in [0.29, 0.717) is 28.2 Å². The lowest BCUT2D eigenvalue weighted by Crippen LogP contribution is -1.99. The van der Waals surface area contributed by atoms with Gasteiger partial charge in [0.2, 0.25) is 5.82 Å². The molecule has 0 N–H and O–H groups in total. The third-order valence-corrected chi connectivity index (χ3v) is 3.53. The summed E-state index contributed by atoms with van der Waals surface area (Å²) in [7, 11) is 0. The summed E-state index contributed by atoms with van der Waals surface area (Å²) >= 11 is 3.41. The van der Waals surface area contributed by atoms with E-state index in [1.54, 1.807) is 24.4 Å². The summed E-state index contributed by atoms with van der Waals surface area (Å²) in [4.78, 5) is 1.47. The van der Waals surface area contributed by atoms with Crippen molar-refractivity contribution < 1.29 is 4.39 Å². The molecule has 0 atom stereocenters. The van der Waals surface area contributed by atoms with Crippen LogP contribution in [0, 0.1) is 5.82 Å². The van der Waals surface area contributed by atoms with E-state index in [4.69, 9.17) is 0 Å². The van der Waals surface area contributed by atoms with Gasteiger partial charge in [0.1, 0.15) is 16.1 Å². The van der Waals surface area contributed by atoms with Crippen LogP contribution < -0.4 is 0 Å². The van der Waals surface area contributed by atoms with Gasteiger partial charge in [-0.15, -0.1) is 10.2 Å². The van der Waals surface area contributed by atoms with Gasteiger partial charge in [0.05, 0.1) is 18.3 Å². The van der Waals surface area contributed by atoms with Gasteiger partial charge in [0.15, 0.2) is 0 Å². The quantitative estimate of drug-likeness (QED) is 0.737. The summed E-state index contributed by atoms with van der Waals surface area (Å²) in [6.07, 6.45) is 1.58. The maximum Gasteiger partial charge on any atom is 0.209 e. The predicted molar refractivity (Wildman–Crippen MR) is 73.7 cm³/mol. The summed E-state index contributed by atoms with van der Waals surface area (Å²) in [5.74, 6) is 0.0920. The second-order valence-electron chi connectivity index (χ2n) is 4.01. The highest BCUT2D eigenvalue weighted by Crippen LogP contribution is 2.28. The molecule has 0 saturated heterocycles. The summed E-state index contributed by atoms with van der Waals surface area (Å²) in [5, 5.41) is 16.2. The lowest BCUT2D eigenvalue weighted by molar-refractivity contribution is 0.552. The van der Waals surface area contributed by atoms with E-state index in [0.717, 1.165) is 0 Å². The van der Waals surface area contributed by atoms with Crippen molar-refractivity contribution in [3.8, 4) is 17.1 Å². The minimum atomic E-state index is -0.354. The number of para-hydroxylation sites is 1. The van der Waals surface area contributed by atoms with E-state index in [-0.39, 0.29) is 5.82 Å². The lowest BCUT2D eigenvalue weighted by Gasteiger charge is -2.04. The summed E-state index contributed by atoms with van der Waals surface area (Å²) in [5.41, 5.74) is 1.02. The minimum absolute atomic E-state index is 0.354. The SMILES string of the molecule is CCn1nnc(-c2cnn(-c3ccccc3F)c2Br)n1. The topological polar surface area (TPSA) is 61.4 Å². The monoisotopic (exact) mass is 336 g/mol. The van der Waals surface area contributed by atoms with Gasteiger partial charge in [-0.05, 0) is 40.2 Å². The first-order valence-electron chi connectivity index (χ1n) is 5.97. The van der Waals surface area contributed by atoms with E-state index in [1.165, 1.54) is 15.5 Å². The highest BCUT2D eigenvalue weighted by Gasteiger charge is 2.17. The Labute approximate surface area is 122 Å². The smallest absolute Gasteiger partial charge is 0.209 e. The average molecular weight is 337 g/mol. The van der Waals surface area contributed by atoms with Crippen LogP contribution in [0.5, 0.6) is 0 Å². The van der Waals surface area contributed by atoms with Gasteiger partial charge in [0.25, 0.3) is 0 Å². The van der Waals surface area contributed by atoms with Crippen molar-refractivity contribution in [1.82, 2.24) is 30.0 Å². The molecule has 0 fully saturated rings. The molecule has 2 aromatic heterocycles. The number of nitrogens with zero attached hydrogens (tertiary/aromatic N) is 6. The third-order valence-electron chi connectivity index (χ3n) is 2.77. The van der Waals surface area contributed by atoms with Crippen molar-refractivity contribution >= 4 is 15.9 Å². The first-order chi connectivity index (χ1) is 9.70. The second-order valence-corrected chi connectivity index (χ2v) is 4.76. The predicted octanol–water partition coefficient (Wildman–Crippen LogP) is 2.45. The number of rotatable bonds is 3. The Kier molecular flexibility index (Phi) is 3.31. The van der Waals surface area contributed by atoms with Crippen molar-refractivity contribution in [2.45, 2.75) is 13.5 Å². The standard InChI is InChI=1S/C12H10BrFN6/c1-2-19-17-12(16-18-19)8-7-15-20(11(8)13)10-6-4-3-5-9(10)14/h3-7H,2H2,1H3. The molecule has 20 heavy (non-hydrogen) atoms. The Balaban J connectivity index is 2.07. The zero-order valence-corrected chi connectivity index (χ0v) is 12.1. The number of hydrogen-bond acceptors (Lipinski definition) is 4. The average Bonchev–Trinajstić information content (AvgIpc) is 3.06. The number of aromatic nitrogens is 6. The molecule has 0 aliphatic carbocycles. The number of halogens is 2. The molecule has 0 amide bonds. The fourth-order valence-electron chi connectivity index (χ4n) is 1.76. The van der Waals surface area contributed by atoms with Crippen LogP contribution in [0.2, 0.25) is 0 Å². The van der Waals surface area contributed by atoms with Crippen LogP contribution in [-0.2, 0) is 6.54 Å². The van der Waals surface area contributed by atoms with Gasteiger partial charge < -0.3 is 0 Å². The van der Waals surface area contributed by atoms with Crippen molar-refractivity contribution in [1.29, 1.82) is 0 Å². The van der Waals surface area contributed by atoms with E-state index >= 15 is 0 Å². The van der Waals surface area contributed by atoms with Crippen LogP contribution in [0.25, 0.3) is 17.1 Å². The zero-order valence-electron chi connectivity index (χ0n) is 10.5. The molecule has 6 nitrogen and oxygen atoms in total. The Morgan fingerprint density at radius 3 is 2.80 bits per heavy atom. The number of tetrazole rings is 1. The fraction of sp³-hybridized carbons (Fsp3) is 0.167. The lowest BCUT2D eigenvalue weighted by atomic mass is 10.3. The maximum absolute atomic E-state index is 13.8. The summed E-state index contributed by atoms with van der Waals surface area (Å²) < 4.78 is 15.8. The van der Waals surface area contributed by atoms with Gasteiger partial charge >= 0.3 is 0 Å². The highest BCUT2D eigenvalue weighted by atomic mass is 79.9. The molecular weight excluding hydrogens is 327 g/mol. The number of aryl methyl sites for hydroxylation is 1. The van der Waals surface area contributed by atoms with Crippen molar-refractivity contribution in [3.05, 3.63) is 40.9 Å². The summed E-state index contributed by atoms with van der Waals surface area (Å²) in [6, 6.07) is 6.41. The first-order valence-corrected chi connectivity index (χ1v) is 6.76. The van der Waals surface area contributed by atoms with Gasteiger partial charge in [-0.3, -0.25) is 0 Å². The number of hydrogen-bond donors (Lipinski definition) is 0. The molecule has 0 unspecified atom stereocenters. The Morgan fingerprint density at radius 1 is 1.30 bits per heavy atom. The second kappa shape index (κ2) is 5.12. The van der Waals surface area contributed by atoms with Crippen LogP contribution in [0.1, 0.15) is 6.92 Å². The van der Waals surface area contributed by atoms with Crippen LogP contribution in [-0.4, -0.2) is 30.0 Å². The molecule has 3 aromatic rings. The molecule has 2 heterocycles.